The maximum atomic E-state index is 12.6. The number of thioether (sulfide) groups is 1. The third-order valence-electron chi connectivity index (χ3n) is 3.88. The second kappa shape index (κ2) is 6.06. The van der Waals surface area contributed by atoms with Crippen LogP contribution in [0.3, 0.4) is 0 Å². The number of nitrogens with zero attached hydrogens (tertiary/aromatic N) is 2. The van der Waals surface area contributed by atoms with E-state index >= 15 is 0 Å². The summed E-state index contributed by atoms with van der Waals surface area (Å²) in [6.07, 6.45) is 1.99. The Labute approximate surface area is 143 Å². The molecule has 23 heavy (non-hydrogen) atoms. The predicted octanol–water partition coefficient (Wildman–Crippen LogP) is 4.50. The van der Waals surface area contributed by atoms with E-state index in [1.54, 1.807) is 16.3 Å². The Morgan fingerprint density at radius 1 is 1.30 bits per heavy atom. The molecule has 6 heteroatoms. The lowest BCUT2D eigenvalue weighted by atomic mass is 10.1. The lowest BCUT2D eigenvalue weighted by Crippen LogP contribution is -2.15. The molecule has 0 bridgehead atoms. The minimum atomic E-state index is -0.142. The number of nitrogens with one attached hydrogen (secondary N) is 1. The third kappa shape index (κ3) is 2.79. The molecule has 2 heterocycles. The van der Waals surface area contributed by atoms with Crippen molar-refractivity contribution in [1.82, 2.24) is 14.6 Å². The molecule has 0 saturated heterocycles. The zero-order valence-corrected chi connectivity index (χ0v) is 15.0. The van der Waals surface area contributed by atoms with Gasteiger partial charge in [-0.25, -0.2) is 4.52 Å². The van der Waals surface area contributed by atoms with Gasteiger partial charge in [-0.3, -0.25) is 4.79 Å². The number of rotatable bonds is 3. The van der Waals surface area contributed by atoms with Crippen LogP contribution >= 0.6 is 23.4 Å². The molecule has 4 nitrogen and oxygen atoms in total. The molecular formula is C17H18ClN3OS. The van der Waals surface area contributed by atoms with Gasteiger partial charge in [0.05, 0.1) is 5.02 Å². The van der Waals surface area contributed by atoms with Gasteiger partial charge in [-0.15, -0.1) is 16.9 Å². The van der Waals surface area contributed by atoms with Crippen LogP contribution in [-0.4, -0.2) is 20.9 Å². The maximum Gasteiger partial charge on any atom is 0.275 e. The number of H-pyrrole nitrogens is 1. The van der Waals surface area contributed by atoms with Crippen molar-refractivity contribution in [2.45, 2.75) is 31.6 Å². The molecule has 0 amide bonds. The van der Waals surface area contributed by atoms with Gasteiger partial charge in [-0.05, 0) is 48.9 Å². The maximum absolute atomic E-state index is 12.6. The molecule has 0 aliphatic carbocycles. The fourth-order valence-electron chi connectivity index (χ4n) is 2.68. The summed E-state index contributed by atoms with van der Waals surface area (Å²) in [5, 5.41) is 5.17. The first-order chi connectivity index (χ1) is 10.9. The number of hydrogen-bond acceptors (Lipinski definition) is 3. The summed E-state index contributed by atoms with van der Waals surface area (Å²) < 4.78 is 1.71. The summed E-state index contributed by atoms with van der Waals surface area (Å²) in [4.78, 5) is 16.5. The normalized spacial score (nSPS) is 11.6. The largest absolute Gasteiger partial charge is 0.303 e. The Balaban J connectivity index is 2.25. The van der Waals surface area contributed by atoms with E-state index in [0.29, 0.717) is 16.4 Å². The summed E-state index contributed by atoms with van der Waals surface area (Å²) in [5.41, 5.74) is 3.14. The van der Waals surface area contributed by atoms with Crippen LogP contribution in [0.4, 0.5) is 0 Å². The Morgan fingerprint density at radius 2 is 2.04 bits per heavy atom. The average Bonchev–Trinajstić information content (AvgIpc) is 2.85. The highest BCUT2D eigenvalue weighted by molar-refractivity contribution is 7.98. The van der Waals surface area contributed by atoms with E-state index in [1.807, 2.05) is 37.4 Å². The standard InChI is InChI=1S/C17H18ClN3OS/c1-9(2)13-7-10(3)21-15(13)17(22)19-16(20-21)12-6-5-11(23-4)8-14(12)18/h5-9H,1-4H3,(H,19,20,22). The van der Waals surface area contributed by atoms with Gasteiger partial charge >= 0.3 is 0 Å². The molecule has 3 rings (SSSR count). The Morgan fingerprint density at radius 3 is 2.65 bits per heavy atom. The number of fused-ring (bicyclic) bond motifs is 1. The first-order valence-corrected chi connectivity index (χ1v) is 8.99. The highest BCUT2D eigenvalue weighted by atomic mass is 35.5. The molecule has 1 N–H and O–H groups in total. The molecule has 2 aromatic heterocycles. The van der Waals surface area contributed by atoms with Crippen molar-refractivity contribution in [2.75, 3.05) is 6.26 Å². The van der Waals surface area contributed by atoms with E-state index in [1.165, 1.54) is 0 Å². The molecule has 0 radical (unpaired) electrons. The van der Waals surface area contributed by atoms with Crippen molar-refractivity contribution in [3.8, 4) is 11.4 Å². The van der Waals surface area contributed by atoms with Crippen LogP contribution in [0.15, 0.2) is 34.0 Å². The van der Waals surface area contributed by atoms with Gasteiger partial charge < -0.3 is 4.98 Å². The lowest BCUT2D eigenvalue weighted by Gasteiger charge is -2.08. The molecule has 0 saturated carbocycles. The molecule has 0 unspecified atom stereocenters. The van der Waals surface area contributed by atoms with Crippen molar-refractivity contribution in [2.24, 2.45) is 0 Å². The number of aryl methyl sites for hydroxylation is 1. The Kier molecular flexibility index (Phi) is 4.25. The van der Waals surface area contributed by atoms with Crippen LogP contribution in [0, 0.1) is 6.92 Å². The molecule has 1 aromatic carbocycles. The smallest absolute Gasteiger partial charge is 0.275 e. The first-order valence-electron chi connectivity index (χ1n) is 7.39. The fraction of sp³-hybridized carbons (Fsp3) is 0.294. The topological polar surface area (TPSA) is 50.2 Å². The molecule has 0 aliphatic heterocycles. The first kappa shape index (κ1) is 16.1. The Hall–Kier alpha value is -1.72. The number of aromatic nitrogens is 3. The summed E-state index contributed by atoms with van der Waals surface area (Å²) in [7, 11) is 0. The van der Waals surface area contributed by atoms with Gasteiger partial charge in [-0.2, -0.15) is 0 Å². The van der Waals surface area contributed by atoms with Crippen molar-refractivity contribution in [3.05, 3.63) is 50.9 Å². The second-order valence-corrected chi connectivity index (χ2v) is 7.09. The van der Waals surface area contributed by atoms with Gasteiger partial charge in [0.15, 0.2) is 5.82 Å². The van der Waals surface area contributed by atoms with Crippen LogP contribution in [0.1, 0.15) is 31.0 Å². The quantitative estimate of drug-likeness (QED) is 0.710. The summed E-state index contributed by atoms with van der Waals surface area (Å²) in [6, 6.07) is 7.76. The van der Waals surface area contributed by atoms with Gasteiger partial charge in [0.2, 0.25) is 0 Å². The summed E-state index contributed by atoms with van der Waals surface area (Å²) in [6.45, 7) is 6.09. The highest BCUT2D eigenvalue weighted by Crippen LogP contribution is 2.29. The number of aromatic amines is 1. The number of halogens is 1. The monoisotopic (exact) mass is 347 g/mol. The fourth-order valence-corrected chi connectivity index (χ4v) is 3.45. The van der Waals surface area contributed by atoms with E-state index in [2.05, 4.69) is 23.9 Å². The second-order valence-electron chi connectivity index (χ2n) is 5.80. The molecule has 0 fully saturated rings. The van der Waals surface area contributed by atoms with Crippen LogP contribution in [0.25, 0.3) is 16.9 Å². The van der Waals surface area contributed by atoms with Crippen molar-refractivity contribution in [3.63, 3.8) is 0 Å². The summed E-state index contributed by atoms with van der Waals surface area (Å²) in [5.74, 6) is 0.742. The van der Waals surface area contributed by atoms with E-state index in [0.717, 1.165) is 21.7 Å². The molecular weight excluding hydrogens is 330 g/mol. The van der Waals surface area contributed by atoms with Gasteiger partial charge in [-0.1, -0.05) is 25.4 Å². The zero-order valence-electron chi connectivity index (χ0n) is 13.5. The number of hydrogen-bond donors (Lipinski definition) is 1. The molecule has 120 valence electrons. The van der Waals surface area contributed by atoms with Crippen LogP contribution < -0.4 is 5.56 Å². The van der Waals surface area contributed by atoms with E-state index in [9.17, 15) is 4.79 Å². The van der Waals surface area contributed by atoms with Crippen molar-refractivity contribution in [1.29, 1.82) is 0 Å². The van der Waals surface area contributed by atoms with Crippen molar-refractivity contribution >= 4 is 28.9 Å². The van der Waals surface area contributed by atoms with E-state index in [-0.39, 0.29) is 11.5 Å². The Bertz CT molecular complexity index is 943. The zero-order chi connectivity index (χ0) is 16.7. The number of benzene rings is 1. The van der Waals surface area contributed by atoms with Crippen LogP contribution in [0.2, 0.25) is 5.02 Å². The predicted molar refractivity (Wildman–Crippen MR) is 96.9 cm³/mol. The SMILES string of the molecule is CSc1ccc(-c2nn3c(C)cc(C(C)C)c3c(=O)[nH]2)c(Cl)c1. The van der Waals surface area contributed by atoms with Crippen LogP contribution in [-0.2, 0) is 0 Å². The van der Waals surface area contributed by atoms with Crippen LogP contribution in [0.5, 0.6) is 0 Å². The van der Waals surface area contributed by atoms with Crippen molar-refractivity contribution < 1.29 is 0 Å². The minimum Gasteiger partial charge on any atom is -0.303 e. The third-order valence-corrected chi connectivity index (χ3v) is 4.92. The van der Waals surface area contributed by atoms with Gasteiger partial charge in [0.25, 0.3) is 5.56 Å². The minimum absolute atomic E-state index is 0.142. The van der Waals surface area contributed by atoms with E-state index < -0.39 is 0 Å². The molecule has 0 atom stereocenters. The average molecular weight is 348 g/mol. The molecule has 0 aliphatic rings. The summed E-state index contributed by atoms with van der Waals surface area (Å²) >= 11 is 7.98. The molecule has 0 spiro atoms. The van der Waals surface area contributed by atoms with Gasteiger partial charge in [0, 0.05) is 16.2 Å². The van der Waals surface area contributed by atoms with Gasteiger partial charge in [0.1, 0.15) is 5.52 Å². The lowest BCUT2D eigenvalue weighted by molar-refractivity contribution is 0.848. The molecule has 3 aromatic rings. The highest BCUT2D eigenvalue weighted by Gasteiger charge is 2.16. The van der Waals surface area contributed by atoms with E-state index in [4.69, 9.17) is 11.6 Å².